The second-order valence-electron chi connectivity index (χ2n) is 5.46. The minimum Gasteiger partial charge on any atom is -0.469 e. The van der Waals surface area contributed by atoms with E-state index >= 15 is 0 Å². The molecular formula is C14H18F3N3O4S. The molecule has 0 atom stereocenters. The van der Waals surface area contributed by atoms with Crippen LogP contribution in [0, 0.1) is 0 Å². The average Bonchev–Trinajstić information content (AvgIpc) is 2.59. The number of nitrogens with zero attached hydrogens (tertiary/aromatic N) is 3. The van der Waals surface area contributed by atoms with Gasteiger partial charge in [-0.15, -0.1) is 0 Å². The van der Waals surface area contributed by atoms with Gasteiger partial charge < -0.3 is 9.64 Å². The third kappa shape index (κ3) is 5.05. The molecule has 25 heavy (non-hydrogen) atoms. The number of sulfonamides is 1. The van der Waals surface area contributed by atoms with Crippen LogP contribution in [0.1, 0.15) is 12.0 Å². The first-order valence-electron chi connectivity index (χ1n) is 7.45. The summed E-state index contributed by atoms with van der Waals surface area (Å²) in [6.07, 6.45) is -2.66. The Morgan fingerprint density at radius 3 is 2.44 bits per heavy atom. The monoisotopic (exact) mass is 381 g/mol. The van der Waals surface area contributed by atoms with Crippen LogP contribution in [0.2, 0.25) is 0 Å². The number of carbonyl (C=O) groups is 1. The number of esters is 1. The molecule has 1 aromatic rings. The number of methoxy groups -OCH3 is 1. The van der Waals surface area contributed by atoms with Gasteiger partial charge >= 0.3 is 12.1 Å². The zero-order chi connectivity index (χ0) is 18.7. The number of aromatic nitrogens is 1. The van der Waals surface area contributed by atoms with Crippen molar-refractivity contribution < 1.29 is 31.1 Å². The maximum atomic E-state index is 12.7. The van der Waals surface area contributed by atoms with E-state index in [-0.39, 0.29) is 38.4 Å². The lowest BCUT2D eigenvalue weighted by Crippen LogP contribution is -2.49. The Morgan fingerprint density at radius 2 is 1.88 bits per heavy atom. The van der Waals surface area contributed by atoms with Crippen LogP contribution in [0.4, 0.5) is 18.9 Å². The Morgan fingerprint density at radius 1 is 1.24 bits per heavy atom. The van der Waals surface area contributed by atoms with Gasteiger partial charge in [-0.3, -0.25) is 9.78 Å². The van der Waals surface area contributed by atoms with E-state index in [1.165, 1.54) is 17.6 Å². The van der Waals surface area contributed by atoms with Gasteiger partial charge in [0.15, 0.2) is 0 Å². The molecule has 2 heterocycles. The van der Waals surface area contributed by atoms with Gasteiger partial charge in [0, 0.05) is 32.4 Å². The van der Waals surface area contributed by atoms with E-state index in [0.717, 1.165) is 12.3 Å². The minimum absolute atomic E-state index is 0.125. The molecule has 0 spiro atoms. The van der Waals surface area contributed by atoms with Gasteiger partial charge in [-0.05, 0) is 6.07 Å². The molecule has 1 aromatic heterocycles. The van der Waals surface area contributed by atoms with Crippen molar-refractivity contribution in [3.8, 4) is 0 Å². The van der Waals surface area contributed by atoms with E-state index in [1.807, 2.05) is 0 Å². The van der Waals surface area contributed by atoms with Crippen LogP contribution in [0.3, 0.4) is 0 Å². The summed E-state index contributed by atoms with van der Waals surface area (Å²) < 4.78 is 68.2. The summed E-state index contributed by atoms with van der Waals surface area (Å²) in [5.74, 6) is -0.970. The van der Waals surface area contributed by atoms with E-state index in [0.29, 0.717) is 5.69 Å². The lowest BCUT2D eigenvalue weighted by atomic mass is 10.2. The molecule has 11 heteroatoms. The van der Waals surface area contributed by atoms with Crippen LogP contribution in [0.5, 0.6) is 0 Å². The molecule has 0 radical (unpaired) electrons. The predicted octanol–water partition coefficient (Wildman–Crippen LogP) is 1.12. The van der Waals surface area contributed by atoms with Crippen molar-refractivity contribution in [3.63, 3.8) is 0 Å². The Balaban J connectivity index is 1.99. The number of ether oxygens (including phenoxy) is 1. The summed E-state index contributed by atoms with van der Waals surface area (Å²) in [5.41, 5.74) is -0.556. The number of hydrogen-bond donors (Lipinski definition) is 0. The molecule has 2 rings (SSSR count). The number of rotatable bonds is 5. The zero-order valence-electron chi connectivity index (χ0n) is 13.5. The van der Waals surface area contributed by atoms with Crippen LogP contribution in [-0.2, 0) is 25.7 Å². The van der Waals surface area contributed by atoms with Gasteiger partial charge in [-0.1, -0.05) is 0 Å². The largest absolute Gasteiger partial charge is 0.469 e. The third-order valence-electron chi connectivity index (χ3n) is 3.84. The number of piperazine rings is 1. The Hall–Kier alpha value is -1.88. The van der Waals surface area contributed by atoms with Crippen molar-refractivity contribution in [2.45, 2.75) is 12.6 Å². The van der Waals surface area contributed by atoms with Gasteiger partial charge in [0.05, 0.1) is 36.7 Å². The van der Waals surface area contributed by atoms with Crippen LogP contribution < -0.4 is 4.90 Å². The highest BCUT2D eigenvalue weighted by Crippen LogP contribution is 2.31. The molecule has 0 saturated carbocycles. The maximum Gasteiger partial charge on any atom is 0.417 e. The second kappa shape index (κ2) is 7.56. The summed E-state index contributed by atoms with van der Waals surface area (Å²) in [7, 11) is -2.44. The van der Waals surface area contributed by atoms with Crippen LogP contribution in [-0.4, -0.2) is 62.7 Å². The Kier molecular flexibility index (Phi) is 5.88. The highest BCUT2D eigenvalue weighted by atomic mass is 32.2. The lowest BCUT2D eigenvalue weighted by molar-refractivity contribution is -0.140. The minimum atomic E-state index is -4.48. The fourth-order valence-electron chi connectivity index (χ4n) is 2.42. The van der Waals surface area contributed by atoms with Crippen molar-refractivity contribution in [2.24, 2.45) is 0 Å². The van der Waals surface area contributed by atoms with Crippen molar-refractivity contribution >= 4 is 21.7 Å². The number of hydrogen-bond acceptors (Lipinski definition) is 6. The number of halogens is 3. The molecule has 0 N–H and O–H groups in total. The van der Waals surface area contributed by atoms with Crippen molar-refractivity contribution in [1.82, 2.24) is 9.29 Å². The van der Waals surface area contributed by atoms with Crippen molar-refractivity contribution in [2.75, 3.05) is 43.9 Å². The molecule has 7 nitrogen and oxygen atoms in total. The number of alkyl halides is 3. The summed E-state index contributed by atoms with van der Waals surface area (Å²) in [5, 5.41) is 0. The first kappa shape index (κ1) is 19.4. The molecule has 140 valence electrons. The normalized spacial score (nSPS) is 16.7. The fraction of sp³-hybridized carbons (Fsp3) is 0.571. The molecule has 1 aliphatic rings. The van der Waals surface area contributed by atoms with E-state index in [4.69, 9.17) is 0 Å². The Labute approximate surface area is 143 Å². The third-order valence-corrected chi connectivity index (χ3v) is 5.71. The Bertz CT molecular complexity index is 716. The highest BCUT2D eigenvalue weighted by Gasteiger charge is 2.32. The number of anilines is 1. The molecule has 1 aliphatic heterocycles. The molecule has 0 aliphatic carbocycles. The van der Waals surface area contributed by atoms with Crippen molar-refractivity contribution in [1.29, 1.82) is 0 Å². The second-order valence-corrected chi connectivity index (χ2v) is 7.55. The van der Waals surface area contributed by atoms with E-state index in [9.17, 15) is 26.4 Å². The molecular weight excluding hydrogens is 363 g/mol. The summed E-state index contributed by atoms with van der Waals surface area (Å²) in [6.45, 7) is 0.723. The maximum absolute atomic E-state index is 12.7. The highest BCUT2D eigenvalue weighted by molar-refractivity contribution is 7.89. The van der Waals surface area contributed by atoms with Crippen LogP contribution in [0.15, 0.2) is 18.5 Å². The van der Waals surface area contributed by atoms with Crippen LogP contribution in [0.25, 0.3) is 0 Å². The topological polar surface area (TPSA) is 79.8 Å². The van der Waals surface area contributed by atoms with Gasteiger partial charge in [-0.25, -0.2) is 8.42 Å². The smallest absolute Gasteiger partial charge is 0.417 e. The van der Waals surface area contributed by atoms with Crippen LogP contribution >= 0.6 is 0 Å². The zero-order valence-corrected chi connectivity index (χ0v) is 14.3. The number of carbonyl (C=O) groups excluding carboxylic acids is 1. The van der Waals surface area contributed by atoms with Gasteiger partial charge in [0.25, 0.3) is 0 Å². The van der Waals surface area contributed by atoms with Gasteiger partial charge in [0.1, 0.15) is 0 Å². The quantitative estimate of drug-likeness (QED) is 0.711. The molecule has 1 saturated heterocycles. The molecule has 0 amide bonds. The lowest BCUT2D eigenvalue weighted by Gasteiger charge is -2.35. The number of pyridine rings is 1. The van der Waals surface area contributed by atoms with Gasteiger partial charge in [-0.2, -0.15) is 17.5 Å². The summed E-state index contributed by atoms with van der Waals surface area (Å²) in [4.78, 5) is 16.3. The summed E-state index contributed by atoms with van der Waals surface area (Å²) in [6, 6.07) is 0.994. The fourth-order valence-corrected chi connectivity index (χ4v) is 3.83. The molecule has 1 fully saturated rings. The standard InChI is InChI=1S/C14H18F3N3O4S/c1-24-13(21)2-7-25(22,23)20-5-3-19(4-6-20)12-8-11(9-18-10-12)14(15,16)17/h8-10H,2-7H2,1H3. The summed E-state index contributed by atoms with van der Waals surface area (Å²) >= 11 is 0. The SMILES string of the molecule is COC(=O)CCS(=O)(=O)N1CCN(c2cncc(C(F)(F)F)c2)CC1. The molecule has 0 unspecified atom stereocenters. The first-order chi connectivity index (χ1) is 11.6. The van der Waals surface area contributed by atoms with E-state index in [2.05, 4.69) is 9.72 Å². The van der Waals surface area contributed by atoms with E-state index < -0.39 is 27.7 Å². The average molecular weight is 381 g/mol. The van der Waals surface area contributed by atoms with Crippen molar-refractivity contribution in [3.05, 3.63) is 24.0 Å². The van der Waals surface area contributed by atoms with E-state index in [1.54, 1.807) is 4.90 Å². The molecule has 0 aromatic carbocycles. The predicted molar refractivity (Wildman–Crippen MR) is 83.4 cm³/mol. The van der Waals surface area contributed by atoms with Gasteiger partial charge in [0.2, 0.25) is 10.0 Å². The molecule has 0 bridgehead atoms. The first-order valence-corrected chi connectivity index (χ1v) is 9.06.